The van der Waals surface area contributed by atoms with Crippen molar-refractivity contribution in [2.75, 3.05) is 11.9 Å². The molecule has 1 aliphatic rings. The van der Waals surface area contributed by atoms with Crippen LogP contribution in [0.15, 0.2) is 27.6 Å². The molecular weight excluding hydrogens is 234 g/mol. The molecule has 1 nitrogen and oxygen atoms in total. The fraction of sp³-hybridized carbons (Fsp3) is 0.333. The summed E-state index contributed by atoms with van der Waals surface area (Å²) in [6.07, 6.45) is 0. The molecule has 0 bridgehead atoms. The molecule has 0 amide bonds. The quantitative estimate of drug-likeness (QED) is 0.751. The highest BCUT2D eigenvalue weighted by atomic mass is 79.9. The van der Waals surface area contributed by atoms with E-state index < -0.39 is 0 Å². The van der Waals surface area contributed by atoms with Gasteiger partial charge in [0.15, 0.2) is 0 Å². The van der Waals surface area contributed by atoms with Crippen molar-refractivity contribution in [3.8, 4) is 0 Å². The van der Waals surface area contributed by atoms with E-state index in [1.54, 1.807) is 0 Å². The van der Waals surface area contributed by atoms with Crippen molar-refractivity contribution in [2.24, 2.45) is 0 Å². The van der Waals surface area contributed by atoms with E-state index >= 15 is 0 Å². The van der Waals surface area contributed by atoms with Gasteiger partial charge in [0.1, 0.15) is 0 Å². The predicted octanol–water partition coefficient (Wildman–Crippen LogP) is 3.36. The number of benzene rings is 1. The third-order valence-electron chi connectivity index (χ3n) is 1.85. The molecule has 0 aliphatic carbocycles. The Labute approximate surface area is 85.1 Å². The Kier molecular flexibility index (Phi) is 2.33. The van der Waals surface area contributed by atoms with E-state index in [1.807, 2.05) is 11.8 Å². The van der Waals surface area contributed by atoms with Crippen LogP contribution >= 0.6 is 27.7 Å². The molecule has 0 saturated heterocycles. The predicted molar refractivity (Wildman–Crippen MR) is 58.0 cm³/mol. The Hall–Kier alpha value is -0.150. The zero-order valence-electron chi connectivity index (χ0n) is 6.80. The lowest BCUT2D eigenvalue weighted by Gasteiger charge is -2.22. The summed E-state index contributed by atoms with van der Waals surface area (Å²) in [7, 11) is 0. The van der Waals surface area contributed by atoms with Gasteiger partial charge in [-0.1, -0.05) is 22.9 Å². The average Bonchev–Trinajstić information content (AvgIpc) is 2.05. The third kappa shape index (κ3) is 1.62. The fourth-order valence-electron chi connectivity index (χ4n) is 1.26. The summed E-state index contributed by atoms with van der Waals surface area (Å²) in [6, 6.07) is 6.38. The van der Waals surface area contributed by atoms with Crippen molar-refractivity contribution in [3.63, 3.8) is 0 Å². The van der Waals surface area contributed by atoms with Gasteiger partial charge in [-0.05, 0) is 18.2 Å². The number of halogens is 1. The molecule has 3 heteroatoms. The number of anilines is 1. The summed E-state index contributed by atoms with van der Waals surface area (Å²) in [4.78, 5) is 1.36. The van der Waals surface area contributed by atoms with Crippen LogP contribution in [0.2, 0.25) is 0 Å². The van der Waals surface area contributed by atoms with Crippen molar-refractivity contribution in [2.45, 2.75) is 17.1 Å². The van der Waals surface area contributed by atoms with Crippen LogP contribution in [-0.2, 0) is 0 Å². The first-order valence-electron chi connectivity index (χ1n) is 3.96. The van der Waals surface area contributed by atoms with Crippen LogP contribution < -0.4 is 5.32 Å². The minimum absolute atomic E-state index is 0.679. The zero-order valence-corrected chi connectivity index (χ0v) is 9.21. The maximum Gasteiger partial charge on any atom is 0.0490 e. The molecule has 12 heavy (non-hydrogen) atoms. The summed E-state index contributed by atoms with van der Waals surface area (Å²) in [5.74, 6) is 0. The summed E-state index contributed by atoms with van der Waals surface area (Å²) >= 11 is 5.39. The van der Waals surface area contributed by atoms with Gasteiger partial charge in [-0.25, -0.2) is 0 Å². The summed E-state index contributed by atoms with van der Waals surface area (Å²) in [5.41, 5.74) is 1.26. The zero-order chi connectivity index (χ0) is 8.55. The van der Waals surface area contributed by atoms with E-state index in [2.05, 4.69) is 46.4 Å². The molecule has 0 unspecified atom stereocenters. The van der Waals surface area contributed by atoms with Gasteiger partial charge in [-0.3, -0.25) is 0 Å². The SMILES string of the molecule is C[C@@H]1CNc2cc(Br)ccc2S1. The van der Waals surface area contributed by atoms with Gasteiger partial charge < -0.3 is 5.32 Å². The van der Waals surface area contributed by atoms with Crippen LogP contribution in [-0.4, -0.2) is 11.8 Å². The summed E-state index contributed by atoms with van der Waals surface area (Å²) < 4.78 is 1.14. The van der Waals surface area contributed by atoms with E-state index in [0.29, 0.717) is 5.25 Å². The van der Waals surface area contributed by atoms with Gasteiger partial charge in [-0.2, -0.15) is 0 Å². The highest BCUT2D eigenvalue weighted by Gasteiger charge is 2.14. The largest absolute Gasteiger partial charge is 0.383 e. The molecular formula is C9H10BrNS. The smallest absolute Gasteiger partial charge is 0.0490 e. The second kappa shape index (κ2) is 3.30. The number of rotatable bonds is 0. The highest BCUT2D eigenvalue weighted by molar-refractivity contribution is 9.10. The molecule has 0 radical (unpaired) electrons. The number of fused-ring (bicyclic) bond motifs is 1. The van der Waals surface area contributed by atoms with E-state index in [4.69, 9.17) is 0 Å². The van der Waals surface area contributed by atoms with Gasteiger partial charge in [-0.15, -0.1) is 11.8 Å². The van der Waals surface area contributed by atoms with Crippen LogP contribution in [0.5, 0.6) is 0 Å². The van der Waals surface area contributed by atoms with Crippen LogP contribution in [0.1, 0.15) is 6.92 Å². The Bertz CT molecular complexity index is 301. The molecule has 1 aliphatic heterocycles. The van der Waals surface area contributed by atoms with Crippen molar-refractivity contribution in [1.29, 1.82) is 0 Å². The number of thioether (sulfide) groups is 1. The topological polar surface area (TPSA) is 12.0 Å². The lowest BCUT2D eigenvalue weighted by molar-refractivity contribution is 0.974. The molecule has 0 spiro atoms. The Balaban J connectivity index is 2.37. The van der Waals surface area contributed by atoms with Crippen LogP contribution in [0.25, 0.3) is 0 Å². The van der Waals surface area contributed by atoms with Crippen molar-refractivity contribution in [3.05, 3.63) is 22.7 Å². The van der Waals surface area contributed by atoms with E-state index in [-0.39, 0.29) is 0 Å². The Morgan fingerprint density at radius 1 is 1.58 bits per heavy atom. The first-order chi connectivity index (χ1) is 5.75. The number of nitrogens with one attached hydrogen (secondary N) is 1. The molecule has 1 heterocycles. The monoisotopic (exact) mass is 243 g/mol. The van der Waals surface area contributed by atoms with Gasteiger partial charge in [0.05, 0.1) is 0 Å². The molecule has 0 fully saturated rings. The van der Waals surface area contributed by atoms with E-state index in [9.17, 15) is 0 Å². The lowest BCUT2D eigenvalue weighted by Crippen LogP contribution is -2.17. The van der Waals surface area contributed by atoms with Gasteiger partial charge >= 0.3 is 0 Å². The minimum atomic E-state index is 0.679. The molecule has 1 aromatic carbocycles. The second-order valence-corrected chi connectivity index (χ2v) is 5.35. The Morgan fingerprint density at radius 2 is 2.42 bits per heavy atom. The maximum atomic E-state index is 3.46. The van der Waals surface area contributed by atoms with Gasteiger partial charge in [0.2, 0.25) is 0 Å². The van der Waals surface area contributed by atoms with Crippen molar-refractivity contribution >= 4 is 33.4 Å². The number of hydrogen-bond donors (Lipinski definition) is 1. The molecule has 64 valence electrons. The van der Waals surface area contributed by atoms with Gasteiger partial charge in [0, 0.05) is 26.9 Å². The van der Waals surface area contributed by atoms with Crippen molar-refractivity contribution < 1.29 is 0 Å². The summed E-state index contributed by atoms with van der Waals surface area (Å²) in [5, 5.41) is 4.08. The minimum Gasteiger partial charge on any atom is -0.383 e. The molecule has 0 aromatic heterocycles. The normalized spacial score (nSPS) is 21.3. The maximum absolute atomic E-state index is 3.46. The van der Waals surface area contributed by atoms with Gasteiger partial charge in [0.25, 0.3) is 0 Å². The lowest BCUT2D eigenvalue weighted by atomic mass is 10.3. The van der Waals surface area contributed by atoms with E-state index in [0.717, 1.165) is 11.0 Å². The average molecular weight is 244 g/mol. The van der Waals surface area contributed by atoms with Crippen LogP contribution in [0.3, 0.4) is 0 Å². The first kappa shape index (κ1) is 8.45. The molecule has 2 rings (SSSR count). The van der Waals surface area contributed by atoms with Crippen LogP contribution in [0, 0.1) is 0 Å². The Morgan fingerprint density at radius 3 is 3.25 bits per heavy atom. The third-order valence-corrected chi connectivity index (χ3v) is 3.52. The van der Waals surface area contributed by atoms with Crippen molar-refractivity contribution in [1.82, 2.24) is 0 Å². The van der Waals surface area contributed by atoms with Crippen LogP contribution in [0.4, 0.5) is 5.69 Å². The standard InChI is InChI=1S/C9H10BrNS/c1-6-5-11-8-4-7(10)2-3-9(8)12-6/h2-4,6,11H,5H2,1H3/t6-/m1/s1. The summed E-state index contributed by atoms with van der Waals surface area (Å²) in [6.45, 7) is 3.30. The molecule has 1 N–H and O–H groups in total. The highest BCUT2D eigenvalue weighted by Crippen LogP contribution is 2.36. The number of hydrogen-bond acceptors (Lipinski definition) is 2. The first-order valence-corrected chi connectivity index (χ1v) is 5.63. The molecule has 0 saturated carbocycles. The molecule has 1 atom stereocenters. The van der Waals surface area contributed by atoms with E-state index in [1.165, 1.54) is 10.6 Å². The second-order valence-electron chi connectivity index (χ2n) is 2.95. The molecule has 1 aromatic rings. The fourth-order valence-corrected chi connectivity index (χ4v) is 2.62.